The van der Waals surface area contributed by atoms with Crippen LogP contribution in [0.15, 0.2) is 17.0 Å². The number of sulfonamides is 1. The molecule has 1 aliphatic rings. The quantitative estimate of drug-likeness (QED) is 0.836. The molecule has 0 bridgehead atoms. The highest BCUT2D eigenvalue weighted by atomic mass is 35.5. The van der Waals surface area contributed by atoms with Crippen molar-refractivity contribution >= 4 is 34.0 Å². The predicted molar refractivity (Wildman–Crippen MR) is 90.8 cm³/mol. The van der Waals surface area contributed by atoms with Crippen LogP contribution in [0.5, 0.6) is 5.75 Å². The summed E-state index contributed by atoms with van der Waals surface area (Å²) in [6.07, 6.45) is 2.12. The van der Waals surface area contributed by atoms with Crippen molar-refractivity contribution in [3.05, 3.63) is 22.7 Å². The maximum absolute atomic E-state index is 12.4. The van der Waals surface area contributed by atoms with E-state index < -0.39 is 10.0 Å². The van der Waals surface area contributed by atoms with E-state index in [9.17, 15) is 8.42 Å². The van der Waals surface area contributed by atoms with Gasteiger partial charge in [-0.05, 0) is 56.5 Å². The highest BCUT2D eigenvalue weighted by molar-refractivity contribution is 7.89. The Morgan fingerprint density at radius 2 is 2.18 bits per heavy atom. The Balaban J connectivity index is 0.00000242. The summed E-state index contributed by atoms with van der Waals surface area (Å²) < 4.78 is 32.6. The van der Waals surface area contributed by atoms with Crippen LogP contribution in [0.4, 0.5) is 0 Å². The second-order valence-corrected chi connectivity index (χ2v) is 7.46. The molecule has 1 aliphatic heterocycles. The molecule has 1 saturated heterocycles. The zero-order valence-corrected chi connectivity index (χ0v) is 15.1. The topological polar surface area (TPSA) is 67.4 Å². The van der Waals surface area contributed by atoms with E-state index in [0.29, 0.717) is 28.8 Å². The minimum atomic E-state index is -3.56. The number of aryl methyl sites for hydroxylation is 1. The van der Waals surface area contributed by atoms with Gasteiger partial charge in [0, 0.05) is 6.54 Å². The Kier molecular flexibility index (Phi) is 7.41. The van der Waals surface area contributed by atoms with Crippen LogP contribution in [-0.2, 0) is 10.0 Å². The second kappa shape index (κ2) is 8.36. The molecule has 1 fully saturated rings. The van der Waals surface area contributed by atoms with Crippen molar-refractivity contribution in [2.24, 2.45) is 5.92 Å². The van der Waals surface area contributed by atoms with Crippen LogP contribution in [0.1, 0.15) is 18.4 Å². The maximum atomic E-state index is 12.4. The van der Waals surface area contributed by atoms with E-state index >= 15 is 0 Å². The van der Waals surface area contributed by atoms with Crippen LogP contribution in [0, 0.1) is 12.8 Å². The number of halogens is 2. The van der Waals surface area contributed by atoms with Crippen LogP contribution in [0.2, 0.25) is 5.02 Å². The van der Waals surface area contributed by atoms with Gasteiger partial charge in [-0.1, -0.05) is 11.6 Å². The van der Waals surface area contributed by atoms with Crippen LogP contribution in [0.3, 0.4) is 0 Å². The first-order valence-electron chi connectivity index (χ1n) is 6.98. The van der Waals surface area contributed by atoms with Gasteiger partial charge in [-0.15, -0.1) is 12.4 Å². The van der Waals surface area contributed by atoms with Crippen molar-refractivity contribution in [2.45, 2.75) is 24.7 Å². The molecular weight excluding hydrogens is 347 g/mol. The summed E-state index contributed by atoms with van der Waals surface area (Å²) in [6.45, 7) is 4.04. The predicted octanol–water partition coefficient (Wildman–Crippen LogP) is 2.36. The summed E-state index contributed by atoms with van der Waals surface area (Å²) in [4.78, 5) is 0.206. The summed E-state index contributed by atoms with van der Waals surface area (Å²) in [5.74, 6) is 0.812. The zero-order valence-electron chi connectivity index (χ0n) is 12.7. The zero-order chi connectivity index (χ0) is 15.5. The third-order valence-electron chi connectivity index (χ3n) is 3.70. The first kappa shape index (κ1) is 19.5. The monoisotopic (exact) mass is 368 g/mol. The molecule has 0 saturated carbocycles. The van der Waals surface area contributed by atoms with Gasteiger partial charge in [0.05, 0.1) is 17.0 Å². The van der Waals surface area contributed by atoms with Crippen LogP contribution < -0.4 is 14.8 Å². The number of nitrogens with one attached hydrogen (secondary N) is 2. The lowest BCUT2D eigenvalue weighted by Gasteiger charge is -2.23. The van der Waals surface area contributed by atoms with Crippen molar-refractivity contribution in [1.82, 2.24) is 10.0 Å². The first-order chi connectivity index (χ1) is 9.94. The van der Waals surface area contributed by atoms with Gasteiger partial charge >= 0.3 is 0 Å². The Hall–Kier alpha value is -0.530. The van der Waals surface area contributed by atoms with E-state index in [4.69, 9.17) is 16.3 Å². The lowest BCUT2D eigenvalue weighted by Crippen LogP contribution is -2.38. The number of methoxy groups -OCH3 is 1. The van der Waals surface area contributed by atoms with Gasteiger partial charge in [-0.3, -0.25) is 0 Å². The van der Waals surface area contributed by atoms with E-state index in [0.717, 1.165) is 25.9 Å². The fourth-order valence-corrected chi connectivity index (χ4v) is 4.16. The molecule has 1 heterocycles. The van der Waals surface area contributed by atoms with Gasteiger partial charge in [-0.2, -0.15) is 0 Å². The average molecular weight is 369 g/mol. The third-order valence-corrected chi connectivity index (χ3v) is 5.56. The molecule has 0 aliphatic carbocycles. The molecule has 1 aromatic carbocycles. The molecule has 1 unspecified atom stereocenters. The summed E-state index contributed by atoms with van der Waals surface area (Å²) in [5.41, 5.74) is 0.616. The second-order valence-electron chi connectivity index (χ2n) is 5.32. The molecule has 0 amide bonds. The van der Waals surface area contributed by atoms with Gasteiger partial charge in [0.1, 0.15) is 5.75 Å². The van der Waals surface area contributed by atoms with Gasteiger partial charge in [0.15, 0.2) is 0 Å². The molecular formula is C14H22Cl2N2O3S. The molecule has 0 radical (unpaired) electrons. The van der Waals surface area contributed by atoms with Gasteiger partial charge in [0.2, 0.25) is 10.0 Å². The highest BCUT2D eigenvalue weighted by Gasteiger charge is 2.21. The van der Waals surface area contributed by atoms with Crippen molar-refractivity contribution in [1.29, 1.82) is 0 Å². The van der Waals surface area contributed by atoms with E-state index in [1.54, 1.807) is 13.0 Å². The molecule has 0 aromatic heterocycles. The summed E-state index contributed by atoms with van der Waals surface area (Å²) in [7, 11) is -2.05. The van der Waals surface area contributed by atoms with E-state index in [-0.39, 0.29) is 17.3 Å². The molecule has 5 nitrogen and oxygen atoms in total. The van der Waals surface area contributed by atoms with Gasteiger partial charge in [-0.25, -0.2) is 13.1 Å². The number of piperidine rings is 1. The molecule has 1 atom stereocenters. The number of ether oxygens (including phenoxy) is 1. The first-order valence-corrected chi connectivity index (χ1v) is 8.84. The number of hydrogen-bond donors (Lipinski definition) is 2. The molecule has 0 spiro atoms. The van der Waals surface area contributed by atoms with Crippen molar-refractivity contribution in [2.75, 3.05) is 26.7 Å². The number of benzene rings is 1. The van der Waals surface area contributed by atoms with Crippen molar-refractivity contribution in [3.63, 3.8) is 0 Å². The van der Waals surface area contributed by atoms with Gasteiger partial charge in [0.25, 0.3) is 0 Å². The average Bonchev–Trinajstić information content (AvgIpc) is 2.48. The van der Waals surface area contributed by atoms with E-state index in [1.807, 2.05) is 0 Å². The summed E-state index contributed by atoms with van der Waals surface area (Å²) in [5, 5.41) is 3.57. The minimum absolute atomic E-state index is 0. The lowest BCUT2D eigenvalue weighted by atomic mass is 10.0. The number of rotatable bonds is 5. The summed E-state index contributed by atoms with van der Waals surface area (Å²) >= 11 is 6.03. The summed E-state index contributed by atoms with van der Waals surface area (Å²) in [6, 6.07) is 3.08. The molecule has 22 heavy (non-hydrogen) atoms. The Bertz CT molecular complexity index is 602. The van der Waals surface area contributed by atoms with Crippen molar-refractivity contribution in [3.8, 4) is 5.75 Å². The fraction of sp³-hybridized carbons (Fsp3) is 0.571. The van der Waals surface area contributed by atoms with E-state index in [1.165, 1.54) is 13.2 Å². The minimum Gasteiger partial charge on any atom is -0.495 e. The molecule has 2 rings (SSSR count). The smallest absolute Gasteiger partial charge is 0.240 e. The molecule has 2 N–H and O–H groups in total. The normalized spacial score (nSPS) is 18.6. The highest BCUT2D eigenvalue weighted by Crippen LogP contribution is 2.30. The fourth-order valence-electron chi connectivity index (χ4n) is 2.49. The molecule has 1 aromatic rings. The largest absolute Gasteiger partial charge is 0.495 e. The molecule has 8 heteroatoms. The van der Waals surface area contributed by atoms with Crippen LogP contribution >= 0.6 is 24.0 Å². The molecule has 126 valence electrons. The number of hydrogen-bond acceptors (Lipinski definition) is 4. The van der Waals surface area contributed by atoms with E-state index in [2.05, 4.69) is 10.0 Å². The Morgan fingerprint density at radius 3 is 2.77 bits per heavy atom. The van der Waals surface area contributed by atoms with Crippen LogP contribution in [-0.4, -0.2) is 35.2 Å². The van der Waals surface area contributed by atoms with Crippen LogP contribution in [0.25, 0.3) is 0 Å². The standard InChI is InChI=1S/C14H21ClN2O3S.ClH/c1-10-6-13(20-2)12(15)7-14(10)21(18,19)17-9-11-4-3-5-16-8-11;/h6-7,11,16-17H,3-5,8-9H2,1-2H3;1H. The Morgan fingerprint density at radius 1 is 1.45 bits per heavy atom. The SMILES string of the molecule is COc1cc(C)c(S(=O)(=O)NCC2CCCNC2)cc1Cl.Cl. The lowest BCUT2D eigenvalue weighted by molar-refractivity contribution is 0.376. The Labute approximate surface area is 143 Å². The maximum Gasteiger partial charge on any atom is 0.240 e. The third kappa shape index (κ3) is 4.73. The van der Waals surface area contributed by atoms with Gasteiger partial charge < -0.3 is 10.1 Å². The van der Waals surface area contributed by atoms with Crippen molar-refractivity contribution < 1.29 is 13.2 Å².